The number of alkyl halides is 2. The predicted molar refractivity (Wildman–Crippen MR) is 116 cm³/mol. The molecule has 8 heteroatoms. The van der Waals surface area contributed by atoms with Crippen molar-refractivity contribution < 1.29 is 31.9 Å². The number of hydrogen-bond acceptors (Lipinski definition) is 5. The summed E-state index contributed by atoms with van der Waals surface area (Å²) >= 11 is 0. The van der Waals surface area contributed by atoms with E-state index in [1.54, 1.807) is 6.92 Å². The molecule has 3 aromatic carbocycles. The average molecular weight is 454 g/mol. The fourth-order valence-electron chi connectivity index (χ4n) is 3.38. The summed E-state index contributed by atoms with van der Waals surface area (Å²) < 4.78 is 53.3. The van der Waals surface area contributed by atoms with Gasteiger partial charge in [0.1, 0.15) is 28.7 Å². The molecule has 33 heavy (non-hydrogen) atoms. The number of aryl methyl sites for hydroxylation is 1. The topological polar surface area (TPSA) is 65.7 Å². The van der Waals surface area contributed by atoms with Crippen LogP contribution in [0.4, 0.5) is 13.2 Å². The van der Waals surface area contributed by atoms with Crippen LogP contribution in [0.2, 0.25) is 0 Å². The standard InChI is InChI=1S/C25H17F3O5/c1-14-23(16-2-6-17(26)7-3-16)24(30)20-11-10-19(12-22(20)32-14)31-13-21(29)15-4-8-18(9-5-15)33-25(27)28/h2-12,25H,13H2,1H3. The number of hydrogen-bond donors (Lipinski definition) is 0. The van der Waals surface area contributed by atoms with E-state index in [1.807, 2.05) is 0 Å². The quantitative estimate of drug-likeness (QED) is 0.332. The molecule has 0 saturated carbocycles. The van der Waals surface area contributed by atoms with Crippen LogP contribution in [0.25, 0.3) is 22.1 Å². The molecule has 4 aromatic rings. The fourth-order valence-corrected chi connectivity index (χ4v) is 3.38. The highest BCUT2D eigenvalue weighted by molar-refractivity contribution is 5.97. The molecule has 0 aliphatic carbocycles. The van der Waals surface area contributed by atoms with Crippen molar-refractivity contribution in [1.29, 1.82) is 0 Å². The lowest BCUT2D eigenvalue weighted by Crippen LogP contribution is -2.12. The Morgan fingerprint density at radius 2 is 1.64 bits per heavy atom. The largest absolute Gasteiger partial charge is 0.485 e. The smallest absolute Gasteiger partial charge is 0.387 e. The van der Waals surface area contributed by atoms with E-state index >= 15 is 0 Å². The minimum absolute atomic E-state index is 0.0533. The second kappa shape index (κ2) is 9.20. The lowest BCUT2D eigenvalue weighted by atomic mass is 10.0. The van der Waals surface area contributed by atoms with Crippen molar-refractivity contribution in [2.45, 2.75) is 13.5 Å². The Morgan fingerprint density at radius 3 is 2.30 bits per heavy atom. The first-order valence-electron chi connectivity index (χ1n) is 9.86. The SMILES string of the molecule is Cc1oc2cc(OCC(=O)c3ccc(OC(F)F)cc3)ccc2c(=O)c1-c1ccc(F)cc1. The first kappa shape index (κ1) is 22.1. The molecule has 168 valence electrons. The van der Waals surface area contributed by atoms with Crippen LogP contribution in [0.1, 0.15) is 16.1 Å². The highest BCUT2D eigenvalue weighted by Gasteiger charge is 2.15. The Balaban J connectivity index is 1.52. The van der Waals surface area contributed by atoms with Crippen molar-refractivity contribution in [2.24, 2.45) is 0 Å². The lowest BCUT2D eigenvalue weighted by Gasteiger charge is -2.10. The van der Waals surface area contributed by atoms with Gasteiger partial charge in [-0.1, -0.05) is 12.1 Å². The maximum Gasteiger partial charge on any atom is 0.387 e. The second-order valence-electron chi connectivity index (χ2n) is 7.14. The zero-order chi connectivity index (χ0) is 23.5. The highest BCUT2D eigenvalue weighted by atomic mass is 19.3. The van der Waals surface area contributed by atoms with E-state index < -0.39 is 12.4 Å². The number of halogens is 3. The van der Waals surface area contributed by atoms with Crippen LogP contribution in [-0.4, -0.2) is 19.0 Å². The molecule has 0 spiro atoms. The number of carbonyl (C=O) groups is 1. The van der Waals surface area contributed by atoms with Gasteiger partial charge in [-0.05, 0) is 61.0 Å². The molecule has 0 radical (unpaired) electrons. The van der Waals surface area contributed by atoms with Gasteiger partial charge in [0.25, 0.3) is 0 Å². The molecule has 0 aliphatic rings. The fraction of sp³-hybridized carbons (Fsp3) is 0.120. The van der Waals surface area contributed by atoms with Crippen molar-refractivity contribution in [3.63, 3.8) is 0 Å². The zero-order valence-electron chi connectivity index (χ0n) is 17.3. The summed E-state index contributed by atoms with van der Waals surface area (Å²) in [5.74, 6) is -0.162. The third kappa shape index (κ3) is 4.90. The van der Waals surface area contributed by atoms with Gasteiger partial charge in [0.15, 0.2) is 12.4 Å². The van der Waals surface area contributed by atoms with Crippen LogP contribution in [0, 0.1) is 12.7 Å². The van der Waals surface area contributed by atoms with Crippen LogP contribution >= 0.6 is 0 Å². The summed E-state index contributed by atoms with van der Waals surface area (Å²) in [5, 5.41) is 0.313. The first-order chi connectivity index (χ1) is 15.8. The molecule has 1 heterocycles. The third-order valence-corrected chi connectivity index (χ3v) is 4.94. The molecule has 4 rings (SSSR count). The second-order valence-corrected chi connectivity index (χ2v) is 7.14. The number of rotatable bonds is 7. The highest BCUT2D eigenvalue weighted by Crippen LogP contribution is 2.26. The normalized spacial score (nSPS) is 11.1. The van der Waals surface area contributed by atoms with Gasteiger partial charge in [0.05, 0.1) is 10.9 Å². The molecule has 0 atom stereocenters. The van der Waals surface area contributed by atoms with Gasteiger partial charge in [0, 0.05) is 11.6 Å². The Labute approximate surface area is 186 Å². The van der Waals surface area contributed by atoms with Gasteiger partial charge in [0.2, 0.25) is 5.43 Å². The average Bonchev–Trinajstić information content (AvgIpc) is 2.78. The van der Waals surface area contributed by atoms with E-state index in [4.69, 9.17) is 9.15 Å². The molecule has 5 nitrogen and oxygen atoms in total. The van der Waals surface area contributed by atoms with E-state index in [0.717, 1.165) is 0 Å². The first-order valence-corrected chi connectivity index (χ1v) is 9.86. The van der Waals surface area contributed by atoms with Crippen LogP contribution in [0.5, 0.6) is 11.5 Å². The number of carbonyl (C=O) groups excluding carboxylic acids is 1. The maximum absolute atomic E-state index is 13.2. The lowest BCUT2D eigenvalue weighted by molar-refractivity contribution is -0.0498. The Bertz CT molecular complexity index is 1360. The van der Waals surface area contributed by atoms with E-state index in [1.165, 1.54) is 66.7 Å². The Morgan fingerprint density at radius 1 is 0.970 bits per heavy atom. The van der Waals surface area contributed by atoms with Gasteiger partial charge >= 0.3 is 6.61 Å². The third-order valence-electron chi connectivity index (χ3n) is 4.94. The molecule has 1 aromatic heterocycles. The van der Waals surface area contributed by atoms with E-state index in [9.17, 15) is 22.8 Å². The number of ketones is 1. The van der Waals surface area contributed by atoms with E-state index in [2.05, 4.69) is 4.74 Å². The van der Waals surface area contributed by atoms with E-state index in [-0.39, 0.29) is 34.7 Å². The summed E-state index contributed by atoms with van der Waals surface area (Å²) in [6.45, 7) is -1.62. The molecule has 0 amide bonds. The van der Waals surface area contributed by atoms with Crippen molar-refractivity contribution >= 4 is 16.8 Å². The number of fused-ring (bicyclic) bond motifs is 1. The van der Waals surface area contributed by atoms with E-state index in [0.29, 0.717) is 28.0 Å². The van der Waals surface area contributed by atoms with Gasteiger partial charge in [-0.2, -0.15) is 8.78 Å². The van der Waals surface area contributed by atoms with Crippen LogP contribution in [0.15, 0.2) is 75.9 Å². The minimum Gasteiger partial charge on any atom is -0.485 e. The molecule has 0 saturated heterocycles. The summed E-state index contributed by atoms with van der Waals surface area (Å²) in [6, 6.07) is 15.4. The molecule has 0 N–H and O–H groups in total. The zero-order valence-corrected chi connectivity index (χ0v) is 17.3. The van der Waals surface area contributed by atoms with Crippen LogP contribution in [-0.2, 0) is 0 Å². The molecular weight excluding hydrogens is 437 g/mol. The van der Waals surface area contributed by atoms with Crippen molar-refractivity contribution in [3.8, 4) is 22.6 Å². The number of ether oxygens (including phenoxy) is 2. The van der Waals surface area contributed by atoms with Crippen molar-refractivity contribution in [2.75, 3.05) is 6.61 Å². The maximum atomic E-state index is 13.2. The van der Waals surface area contributed by atoms with Gasteiger partial charge in [-0.15, -0.1) is 0 Å². The van der Waals surface area contributed by atoms with Crippen molar-refractivity contribution in [1.82, 2.24) is 0 Å². The summed E-state index contributed by atoms with van der Waals surface area (Å²) in [7, 11) is 0. The molecule has 0 fully saturated rings. The minimum atomic E-state index is -2.95. The van der Waals surface area contributed by atoms with Crippen LogP contribution in [0.3, 0.4) is 0 Å². The Kier molecular flexibility index (Phi) is 6.17. The monoisotopic (exact) mass is 454 g/mol. The Hall–Kier alpha value is -4.07. The summed E-state index contributed by atoms with van der Waals surface area (Å²) in [6.07, 6.45) is 0. The summed E-state index contributed by atoms with van der Waals surface area (Å²) in [5.41, 5.74) is 1.16. The summed E-state index contributed by atoms with van der Waals surface area (Å²) in [4.78, 5) is 25.3. The van der Waals surface area contributed by atoms with Crippen LogP contribution < -0.4 is 14.9 Å². The molecule has 0 unspecified atom stereocenters. The number of Topliss-reactive ketones (excluding diaryl/α,β-unsaturated/α-hetero) is 1. The number of benzene rings is 3. The van der Waals surface area contributed by atoms with Gasteiger partial charge < -0.3 is 13.9 Å². The molecule has 0 bridgehead atoms. The van der Waals surface area contributed by atoms with Gasteiger partial charge in [-0.3, -0.25) is 9.59 Å². The van der Waals surface area contributed by atoms with Crippen molar-refractivity contribution in [3.05, 3.63) is 94.1 Å². The molecule has 0 aliphatic heterocycles. The molecular formula is C25H17F3O5. The van der Waals surface area contributed by atoms with Gasteiger partial charge in [-0.25, -0.2) is 4.39 Å². The predicted octanol–water partition coefficient (Wildman–Crippen LogP) is 5.77.